The normalized spacial score (nSPS) is 17.8. The summed E-state index contributed by atoms with van der Waals surface area (Å²) >= 11 is 0. The van der Waals surface area contributed by atoms with Crippen molar-refractivity contribution in [2.75, 3.05) is 11.9 Å². The van der Waals surface area contributed by atoms with Gasteiger partial charge in [-0.15, -0.1) is 5.10 Å². The summed E-state index contributed by atoms with van der Waals surface area (Å²) in [7, 11) is 0. The summed E-state index contributed by atoms with van der Waals surface area (Å²) < 4.78 is 1.68. The minimum Gasteiger partial charge on any atom is -0.390 e. The van der Waals surface area contributed by atoms with Crippen LogP contribution in [0.2, 0.25) is 0 Å². The summed E-state index contributed by atoms with van der Waals surface area (Å²) in [4.78, 5) is 16.9. The highest BCUT2D eigenvalue weighted by molar-refractivity contribution is 5.88. The Balaban J connectivity index is 1.73. The maximum atomic E-state index is 11.7. The molecule has 1 aromatic rings. The molecular weight excluding hydrogens is 260 g/mol. The molecule has 2 N–H and O–H groups in total. The minimum absolute atomic E-state index is 0.0814. The van der Waals surface area contributed by atoms with Crippen LogP contribution in [0.25, 0.3) is 0 Å². The Morgan fingerprint density at radius 3 is 3.00 bits per heavy atom. The van der Waals surface area contributed by atoms with E-state index in [0.717, 1.165) is 18.6 Å². The summed E-state index contributed by atoms with van der Waals surface area (Å²) in [5.41, 5.74) is 1.03. The Morgan fingerprint density at radius 1 is 1.60 bits per heavy atom. The molecule has 1 aliphatic rings. The van der Waals surface area contributed by atoms with Gasteiger partial charge in [-0.05, 0) is 20.3 Å². The molecule has 2 amide bonds. The van der Waals surface area contributed by atoms with E-state index in [0.29, 0.717) is 12.4 Å². The first-order valence-electron chi connectivity index (χ1n) is 6.76. The molecule has 0 fully saturated rings. The summed E-state index contributed by atoms with van der Waals surface area (Å²) in [5, 5.41) is 17.1. The zero-order chi connectivity index (χ0) is 14.5. The van der Waals surface area contributed by atoms with E-state index in [-0.39, 0.29) is 18.2 Å². The van der Waals surface area contributed by atoms with E-state index in [9.17, 15) is 4.79 Å². The lowest BCUT2D eigenvalue weighted by atomic mass is 10.1. The largest absolute Gasteiger partial charge is 0.390 e. The molecule has 0 saturated carbocycles. The van der Waals surface area contributed by atoms with Crippen molar-refractivity contribution in [3.8, 4) is 0 Å². The van der Waals surface area contributed by atoms with Gasteiger partial charge in [0.15, 0.2) is 5.82 Å². The van der Waals surface area contributed by atoms with E-state index in [1.54, 1.807) is 10.9 Å². The quantitative estimate of drug-likeness (QED) is 0.855. The molecule has 2 rings (SSSR count). The topological polar surface area (TPSA) is 93.4 Å². The lowest BCUT2D eigenvalue weighted by molar-refractivity contribution is 0.0869. The second-order valence-electron chi connectivity index (χ2n) is 4.96. The van der Waals surface area contributed by atoms with Gasteiger partial charge in [0, 0.05) is 12.5 Å². The number of oxime groups is 1. The fourth-order valence-electron chi connectivity index (χ4n) is 1.76. The highest BCUT2D eigenvalue weighted by atomic mass is 16.6. The molecule has 0 spiro atoms. The van der Waals surface area contributed by atoms with Crippen LogP contribution in [0.1, 0.15) is 39.7 Å². The monoisotopic (exact) mass is 280 g/mol. The molecule has 110 valence electrons. The van der Waals surface area contributed by atoms with Crippen LogP contribution in [0.15, 0.2) is 11.4 Å². The molecule has 0 aliphatic carbocycles. The molecule has 1 aliphatic heterocycles. The standard InChI is InChI=1S/C12H20N6O2/c1-4-9-5-10(20-16-9)6-13-12(19)14-11-7-18(8(2)3)17-15-11/h7-8,10H,4-6H2,1-3H3,(H2,13,14,19)/t10-/m1/s1. The van der Waals surface area contributed by atoms with Gasteiger partial charge in [-0.3, -0.25) is 5.32 Å². The van der Waals surface area contributed by atoms with Crippen molar-refractivity contribution < 1.29 is 9.63 Å². The van der Waals surface area contributed by atoms with Crippen molar-refractivity contribution in [3.05, 3.63) is 6.20 Å². The van der Waals surface area contributed by atoms with Crippen molar-refractivity contribution in [2.45, 2.75) is 45.8 Å². The number of anilines is 1. The summed E-state index contributed by atoms with van der Waals surface area (Å²) in [6.07, 6.45) is 3.25. The van der Waals surface area contributed by atoms with E-state index in [1.165, 1.54) is 0 Å². The predicted octanol–water partition coefficient (Wildman–Crippen LogP) is 1.54. The number of aromatic nitrogens is 3. The summed E-state index contributed by atoms with van der Waals surface area (Å²) in [6.45, 7) is 6.42. The number of hydrogen-bond acceptors (Lipinski definition) is 5. The molecule has 8 nitrogen and oxygen atoms in total. The van der Waals surface area contributed by atoms with Crippen LogP contribution in [-0.4, -0.2) is 39.4 Å². The number of nitrogens with one attached hydrogen (secondary N) is 2. The highest BCUT2D eigenvalue weighted by Gasteiger charge is 2.20. The van der Waals surface area contributed by atoms with Crippen LogP contribution < -0.4 is 10.6 Å². The number of hydrogen-bond donors (Lipinski definition) is 2. The van der Waals surface area contributed by atoms with Crippen molar-refractivity contribution in [1.82, 2.24) is 20.3 Å². The fourth-order valence-corrected chi connectivity index (χ4v) is 1.76. The molecule has 8 heteroatoms. The van der Waals surface area contributed by atoms with E-state index >= 15 is 0 Å². The Bertz CT molecular complexity index is 496. The molecule has 0 unspecified atom stereocenters. The summed E-state index contributed by atoms with van der Waals surface area (Å²) in [6, 6.07) is -0.119. The average Bonchev–Trinajstić information content (AvgIpc) is 3.04. The third-order valence-electron chi connectivity index (χ3n) is 2.97. The maximum absolute atomic E-state index is 11.7. The van der Waals surface area contributed by atoms with Gasteiger partial charge in [-0.1, -0.05) is 17.3 Å². The minimum atomic E-state index is -0.325. The fraction of sp³-hybridized carbons (Fsp3) is 0.667. The Hall–Kier alpha value is -2.12. The Morgan fingerprint density at radius 2 is 2.40 bits per heavy atom. The van der Waals surface area contributed by atoms with E-state index < -0.39 is 0 Å². The number of rotatable bonds is 5. The van der Waals surface area contributed by atoms with Gasteiger partial charge in [0.1, 0.15) is 6.10 Å². The van der Waals surface area contributed by atoms with Crippen LogP contribution in [0.3, 0.4) is 0 Å². The first-order valence-corrected chi connectivity index (χ1v) is 6.76. The van der Waals surface area contributed by atoms with Crippen molar-refractivity contribution in [3.63, 3.8) is 0 Å². The lowest BCUT2D eigenvalue weighted by Gasteiger charge is -2.09. The van der Waals surface area contributed by atoms with Crippen LogP contribution in [0, 0.1) is 0 Å². The van der Waals surface area contributed by atoms with Gasteiger partial charge in [0.2, 0.25) is 0 Å². The zero-order valence-electron chi connectivity index (χ0n) is 12.0. The molecule has 0 saturated heterocycles. The molecule has 0 bridgehead atoms. The lowest BCUT2D eigenvalue weighted by Crippen LogP contribution is -2.35. The molecule has 1 atom stereocenters. The van der Waals surface area contributed by atoms with Gasteiger partial charge in [-0.2, -0.15) is 0 Å². The van der Waals surface area contributed by atoms with Crippen LogP contribution in [0.5, 0.6) is 0 Å². The maximum Gasteiger partial charge on any atom is 0.320 e. The third kappa shape index (κ3) is 3.69. The molecule has 0 radical (unpaired) electrons. The first kappa shape index (κ1) is 14.3. The molecule has 1 aromatic heterocycles. The van der Waals surface area contributed by atoms with E-state index in [2.05, 4.69) is 26.1 Å². The van der Waals surface area contributed by atoms with Gasteiger partial charge < -0.3 is 10.2 Å². The van der Waals surface area contributed by atoms with Gasteiger partial charge in [-0.25, -0.2) is 9.48 Å². The second kappa shape index (κ2) is 6.36. The zero-order valence-corrected chi connectivity index (χ0v) is 12.0. The Kier molecular flexibility index (Phi) is 4.54. The predicted molar refractivity (Wildman–Crippen MR) is 74.6 cm³/mol. The summed E-state index contributed by atoms with van der Waals surface area (Å²) in [5.74, 6) is 0.425. The van der Waals surface area contributed by atoms with Gasteiger partial charge in [0.25, 0.3) is 0 Å². The van der Waals surface area contributed by atoms with Crippen LogP contribution in [0.4, 0.5) is 10.6 Å². The van der Waals surface area contributed by atoms with Crippen LogP contribution >= 0.6 is 0 Å². The number of urea groups is 1. The van der Waals surface area contributed by atoms with Gasteiger partial charge >= 0.3 is 6.03 Å². The average molecular weight is 280 g/mol. The Labute approximate surface area is 117 Å². The second-order valence-corrected chi connectivity index (χ2v) is 4.96. The van der Waals surface area contributed by atoms with E-state index in [1.807, 2.05) is 20.8 Å². The number of amides is 2. The number of carbonyl (C=O) groups excluding carboxylic acids is 1. The number of carbonyl (C=O) groups is 1. The van der Waals surface area contributed by atoms with E-state index in [4.69, 9.17) is 4.84 Å². The molecular formula is C12H20N6O2. The molecule has 0 aromatic carbocycles. The SMILES string of the molecule is CCC1=NO[C@@H](CNC(=O)Nc2cn(C(C)C)nn2)C1. The van der Waals surface area contributed by atoms with Crippen molar-refractivity contribution in [1.29, 1.82) is 0 Å². The first-order chi connectivity index (χ1) is 9.58. The van der Waals surface area contributed by atoms with Crippen LogP contribution in [-0.2, 0) is 4.84 Å². The smallest absolute Gasteiger partial charge is 0.320 e. The molecule has 2 heterocycles. The highest BCUT2D eigenvalue weighted by Crippen LogP contribution is 2.11. The van der Waals surface area contributed by atoms with Crippen molar-refractivity contribution in [2.24, 2.45) is 5.16 Å². The third-order valence-corrected chi connectivity index (χ3v) is 2.97. The van der Waals surface area contributed by atoms with Crippen molar-refractivity contribution >= 4 is 17.6 Å². The number of nitrogens with zero attached hydrogens (tertiary/aromatic N) is 4. The van der Waals surface area contributed by atoms with Gasteiger partial charge in [0.05, 0.1) is 18.5 Å². The molecule has 20 heavy (non-hydrogen) atoms.